The lowest BCUT2D eigenvalue weighted by atomic mass is 10.1. The predicted octanol–water partition coefficient (Wildman–Crippen LogP) is 3.19. The first-order chi connectivity index (χ1) is 6.36. The molecule has 0 bridgehead atoms. The highest BCUT2D eigenvalue weighted by Gasteiger charge is 2.37. The molecule has 1 unspecified atom stereocenters. The van der Waals surface area contributed by atoms with Gasteiger partial charge in [-0.1, -0.05) is 18.0 Å². The van der Waals surface area contributed by atoms with Crippen molar-refractivity contribution in [2.24, 2.45) is 0 Å². The fraction of sp³-hybridized carbons (Fsp3) is 0.875. The van der Waals surface area contributed by atoms with Crippen LogP contribution in [0.15, 0.2) is 0 Å². The summed E-state index contributed by atoms with van der Waals surface area (Å²) in [5.41, 5.74) is -2.66. The van der Waals surface area contributed by atoms with Crippen LogP contribution < -0.4 is 0 Å². The standard InChI is InChI=1S/C8H12ClF3O2/c9-7(10)8(11,12)5-3-1-2-4-6(13)14/h7H,1-5H2,(H,13,14). The molecule has 0 aromatic heterocycles. The summed E-state index contributed by atoms with van der Waals surface area (Å²) >= 11 is 4.62. The molecule has 0 radical (unpaired) electrons. The van der Waals surface area contributed by atoms with E-state index in [4.69, 9.17) is 5.11 Å². The van der Waals surface area contributed by atoms with E-state index in [0.717, 1.165) is 0 Å². The van der Waals surface area contributed by atoms with Crippen LogP contribution in [0.1, 0.15) is 32.1 Å². The smallest absolute Gasteiger partial charge is 0.303 e. The van der Waals surface area contributed by atoms with Gasteiger partial charge in [-0.2, -0.15) is 0 Å². The van der Waals surface area contributed by atoms with E-state index in [1.165, 1.54) is 0 Å². The Kier molecular flexibility index (Phi) is 5.92. The normalized spacial score (nSPS) is 14.0. The monoisotopic (exact) mass is 232 g/mol. The molecule has 0 aromatic rings. The summed E-state index contributed by atoms with van der Waals surface area (Å²) in [5, 5.41) is 8.23. The van der Waals surface area contributed by atoms with Gasteiger partial charge in [0.25, 0.3) is 5.92 Å². The molecule has 0 rings (SSSR count). The third kappa shape index (κ3) is 6.07. The number of hydrogen-bond acceptors (Lipinski definition) is 1. The van der Waals surface area contributed by atoms with E-state index in [1.54, 1.807) is 0 Å². The van der Waals surface area contributed by atoms with Crippen molar-refractivity contribution in [1.29, 1.82) is 0 Å². The van der Waals surface area contributed by atoms with E-state index in [-0.39, 0.29) is 12.8 Å². The van der Waals surface area contributed by atoms with Gasteiger partial charge in [-0.15, -0.1) is 0 Å². The molecule has 84 valence electrons. The maximum absolute atomic E-state index is 12.5. The van der Waals surface area contributed by atoms with Crippen molar-refractivity contribution in [3.05, 3.63) is 0 Å². The van der Waals surface area contributed by atoms with Crippen molar-refractivity contribution in [3.63, 3.8) is 0 Å². The number of carboxylic acid groups (broad SMARTS) is 1. The Morgan fingerprint density at radius 2 is 1.93 bits per heavy atom. The molecular formula is C8H12ClF3O2. The third-order valence-corrected chi connectivity index (χ3v) is 2.04. The Bertz CT molecular complexity index is 185. The van der Waals surface area contributed by atoms with Crippen LogP contribution >= 0.6 is 11.6 Å². The first-order valence-electron chi connectivity index (χ1n) is 4.24. The molecule has 0 amide bonds. The first kappa shape index (κ1) is 13.6. The van der Waals surface area contributed by atoms with Crippen molar-refractivity contribution in [2.75, 3.05) is 0 Å². The molecule has 0 aliphatic heterocycles. The summed E-state index contributed by atoms with van der Waals surface area (Å²) in [6.07, 6.45) is 0.0480. The second-order valence-electron chi connectivity index (χ2n) is 3.02. The van der Waals surface area contributed by atoms with Crippen LogP contribution in [-0.2, 0) is 4.79 Å². The minimum Gasteiger partial charge on any atom is -0.481 e. The summed E-state index contributed by atoms with van der Waals surface area (Å²) in [6, 6.07) is 0. The average Bonchev–Trinajstić information content (AvgIpc) is 2.02. The molecule has 0 heterocycles. The summed E-state index contributed by atoms with van der Waals surface area (Å²) in [7, 11) is 0. The van der Waals surface area contributed by atoms with Crippen LogP contribution in [0, 0.1) is 0 Å². The second-order valence-corrected chi connectivity index (χ2v) is 3.40. The lowest BCUT2D eigenvalue weighted by Gasteiger charge is -2.15. The maximum Gasteiger partial charge on any atom is 0.303 e. The SMILES string of the molecule is O=C(O)CCCCCC(F)(F)C(F)Cl. The van der Waals surface area contributed by atoms with E-state index < -0.39 is 23.9 Å². The highest BCUT2D eigenvalue weighted by molar-refractivity contribution is 6.20. The fourth-order valence-electron chi connectivity index (χ4n) is 0.923. The van der Waals surface area contributed by atoms with Crippen LogP contribution in [-0.4, -0.2) is 22.6 Å². The van der Waals surface area contributed by atoms with Crippen molar-refractivity contribution in [1.82, 2.24) is 0 Å². The van der Waals surface area contributed by atoms with Crippen LogP contribution in [0.4, 0.5) is 13.2 Å². The quantitative estimate of drug-likeness (QED) is 0.541. The van der Waals surface area contributed by atoms with Crippen molar-refractivity contribution in [3.8, 4) is 0 Å². The van der Waals surface area contributed by atoms with Gasteiger partial charge in [0.05, 0.1) is 0 Å². The predicted molar refractivity (Wildman–Crippen MR) is 46.4 cm³/mol. The lowest BCUT2D eigenvalue weighted by Crippen LogP contribution is -2.25. The molecule has 0 aliphatic carbocycles. The minimum atomic E-state index is -3.51. The molecule has 0 spiro atoms. The van der Waals surface area contributed by atoms with Gasteiger partial charge in [0.15, 0.2) is 0 Å². The highest BCUT2D eigenvalue weighted by Crippen LogP contribution is 2.30. The van der Waals surface area contributed by atoms with Gasteiger partial charge in [0, 0.05) is 12.8 Å². The third-order valence-electron chi connectivity index (χ3n) is 1.72. The molecule has 1 N–H and O–H groups in total. The van der Waals surface area contributed by atoms with Crippen molar-refractivity contribution < 1.29 is 23.1 Å². The average molecular weight is 233 g/mol. The molecule has 14 heavy (non-hydrogen) atoms. The molecule has 2 nitrogen and oxygen atoms in total. The Labute approximate surface area is 85.0 Å². The summed E-state index contributed by atoms with van der Waals surface area (Å²) in [5.74, 6) is -4.47. The molecule has 6 heteroatoms. The van der Waals surface area contributed by atoms with Crippen LogP contribution in [0.3, 0.4) is 0 Å². The van der Waals surface area contributed by atoms with Crippen molar-refractivity contribution >= 4 is 17.6 Å². The van der Waals surface area contributed by atoms with Gasteiger partial charge in [-0.05, 0) is 12.8 Å². The zero-order chi connectivity index (χ0) is 11.2. The van der Waals surface area contributed by atoms with E-state index in [9.17, 15) is 18.0 Å². The molecule has 0 fully saturated rings. The van der Waals surface area contributed by atoms with Gasteiger partial charge >= 0.3 is 5.97 Å². The number of halogens is 4. The Morgan fingerprint density at radius 3 is 2.36 bits per heavy atom. The minimum absolute atomic E-state index is 0.0501. The zero-order valence-electron chi connectivity index (χ0n) is 7.48. The van der Waals surface area contributed by atoms with Crippen LogP contribution in [0.25, 0.3) is 0 Å². The van der Waals surface area contributed by atoms with Crippen LogP contribution in [0.2, 0.25) is 0 Å². The fourth-order valence-corrected chi connectivity index (χ4v) is 1.03. The van der Waals surface area contributed by atoms with Gasteiger partial charge < -0.3 is 5.11 Å². The number of rotatable bonds is 7. The van der Waals surface area contributed by atoms with Gasteiger partial charge in [0.2, 0.25) is 5.63 Å². The summed E-state index contributed by atoms with van der Waals surface area (Å²) in [6.45, 7) is 0. The van der Waals surface area contributed by atoms with E-state index >= 15 is 0 Å². The van der Waals surface area contributed by atoms with Crippen molar-refractivity contribution in [2.45, 2.75) is 43.7 Å². The molecule has 1 atom stereocenters. The molecular weight excluding hydrogens is 221 g/mol. The molecule has 0 aliphatic rings. The number of unbranched alkanes of at least 4 members (excludes halogenated alkanes) is 2. The van der Waals surface area contributed by atoms with E-state index in [1.807, 2.05) is 0 Å². The molecule has 0 aromatic carbocycles. The largest absolute Gasteiger partial charge is 0.481 e. The number of carboxylic acids is 1. The first-order valence-corrected chi connectivity index (χ1v) is 4.67. The summed E-state index contributed by atoms with van der Waals surface area (Å²) in [4.78, 5) is 10.0. The Balaban J connectivity index is 3.49. The molecule has 0 saturated carbocycles. The van der Waals surface area contributed by atoms with E-state index in [0.29, 0.717) is 12.8 Å². The van der Waals surface area contributed by atoms with E-state index in [2.05, 4.69) is 11.6 Å². The molecule has 0 saturated heterocycles. The van der Waals surface area contributed by atoms with Gasteiger partial charge in [0.1, 0.15) is 0 Å². The van der Waals surface area contributed by atoms with Gasteiger partial charge in [-0.3, -0.25) is 4.79 Å². The maximum atomic E-state index is 12.5. The number of carbonyl (C=O) groups is 1. The van der Waals surface area contributed by atoms with Crippen LogP contribution in [0.5, 0.6) is 0 Å². The zero-order valence-corrected chi connectivity index (χ0v) is 8.24. The summed E-state index contributed by atoms with van der Waals surface area (Å²) < 4.78 is 37.1. The van der Waals surface area contributed by atoms with Gasteiger partial charge in [-0.25, -0.2) is 13.2 Å². The number of alkyl halides is 4. The highest BCUT2D eigenvalue weighted by atomic mass is 35.5. The topological polar surface area (TPSA) is 37.3 Å². The lowest BCUT2D eigenvalue weighted by molar-refractivity contribution is -0.137. The Morgan fingerprint density at radius 1 is 1.36 bits per heavy atom. The second kappa shape index (κ2) is 6.11. The number of aliphatic carboxylic acids is 1. The Hall–Kier alpha value is -0.450. The number of hydrogen-bond donors (Lipinski definition) is 1.